The van der Waals surface area contributed by atoms with E-state index < -0.39 is 0 Å². The molecule has 1 aromatic rings. The molecule has 0 amide bonds. The number of carbonyl (C=O) groups is 1. The summed E-state index contributed by atoms with van der Waals surface area (Å²) in [6.07, 6.45) is 0. The molecule has 0 N–H and O–H groups in total. The first kappa shape index (κ1) is 14.5. The van der Waals surface area contributed by atoms with E-state index in [1.165, 1.54) is 0 Å². The highest BCUT2D eigenvalue weighted by atomic mass is 16.5. The minimum absolute atomic E-state index is 0.343. The van der Waals surface area contributed by atoms with Gasteiger partial charge in [0, 0.05) is 12.6 Å². The van der Waals surface area contributed by atoms with Gasteiger partial charge in [-0.25, -0.2) is 4.79 Å². The van der Waals surface area contributed by atoms with E-state index in [2.05, 4.69) is 18.7 Å². The largest absolute Gasteiger partial charge is 0.496 e. The minimum Gasteiger partial charge on any atom is -0.496 e. The molecule has 0 aliphatic carbocycles. The van der Waals surface area contributed by atoms with Crippen molar-refractivity contribution in [3.8, 4) is 5.75 Å². The van der Waals surface area contributed by atoms with Crippen molar-refractivity contribution in [3.05, 3.63) is 29.8 Å². The van der Waals surface area contributed by atoms with Gasteiger partial charge >= 0.3 is 5.97 Å². The zero-order valence-corrected chi connectivity index (χ0v) is 11.5. The van der Waals surface area contributed by atoms with Crippen LogP contribution in [0.3, 0.4) is 0 Å². The number of rotatable bonds is 6. The summed E-state index contributed by atoms with van der Waals surface area (Å²) >= 11 is 0. The van der Waals surface area contributed by atoms with Crippen molar-refractivity contribution in [2.75, 3.05) is 27.3 Å². The number of hydrogen-bond acceptors (Lipinski definition) is 4. The topological polar surface area (TPSA) is 38.8 Å². The standard InChI is InChI=1S/C14H21NO3/c1-11(2)15(3)9-10-18-14(16)12-7-5-6-8-13(12)17-4/h5-8,11H,9-10H2,1-4H3. The summed E-state index contributed by atoms with van der Waals surface area (Å²) in [6, 6.07) is 7.50. The molecular weight excluding hydrogens is 230 g/mol. The molecule has 0 bridgehead atoms. The maximum Gasteiger partial charge on any atom is 0.341 e. The Morgan fingerprint density at radius 1 is 1.33 bits per heavy atom. The van der Waals surface area contributed by atoms with Crippen LogP contribution in [0.1, 0.15) is 24.2 Å². The van der Waals surface area contributed by atoms with Gasteiger partial charge in [0.15, 0.2) is 0 Å². The maximum absolute atomic E-state index is 11.9. The number of nitrogens with zero attached hydrogens (tertiary/aromatic N) is 1. The van der Waals surface area contributed by atoms with Gasteiger partial charge < -0.3 is 14.4 Å². The van der Waals surface area contributed by atoms with Crippen LogP contribution in [0.15, 0.2) is 24.3 Å². The Bertz CT molecular complexity index is 390. The highest BCUT2D eigenvalue weighted by molar-refractivity contribution is 5.92. The zero-order chi connectivity index (χ0) is 13.5. The van der Waals surface area contributed by atoms with E-state index in [-0.39, 0.29) is 5.97 Å². The molecule has 0 saturated carbocycles. The van der Waals surface area contributed by atoms with Gasteiger partial charge in [-0.2, -0.15) is 0 Å². The Hall–Kier alpha value is -1.55. The van der Waals surface area contributed by atoms with Crippen molar-refractivity contribution < 1.29 is 14.3 Å². The lowest BCUT2D eigenvalue weighted by Crippen LogP contribution is -2.30. The fourth-order valence-electron chi connectivity index (χ4n) is 1.43. The molecule has 0 aliphatic heterocycles. The van der Waals surface area contributed by atoms with Gasteiger partial charge in [0.2, 0.25) is 0 Å². The molecular formula is C14H21NO3. The third-order valence-electron chi connectivity index (χ3n) is 2.89. The summed E-state index contributed by atoms with van der Waals surface area (Å²) in [5, 5.41) is 0. The molecule has 0 aromatic heterocycles. The average Bonchev–Trinajstić information content (AvgIpc) is 2.38. The summed E-state index contributed by atoms with van der Waals surface area (Å²) in [6.45, 7) is 5.30. The van der Waals surface area contributed by atoms with E-state index in [0.29, 0.717) is 24.0 Å². The third-order valence-corrected chi connectivity index (χ3v) is 2.89. The van der Waals surface area contributed by atoms with Gasteiger partial charge in [-0.1, -0.05) is 12.1 Å². The molecule has 0 fully saturated rings. The Balaban J connectivity index is 2.50. The van der Waals surface area contributed by atoms with Crippen molar-refractivity contribution in [3.63, 3.8) is 0 Å². The Morgan fingerprint density at radius 2 is 2.00 bits per heavy atom. The number of likely N-dealkylation sites (N-methyl/N-ethyl adjacent to an activating group) is 1. The molecule has 1 rings (SSSR count). The van der Waals surface area contributed by atoms with E-state index in [1.807, 2.05) is 13.1 Å². The molecule has 0 aliphatic rings. The van der Waals surface area contributed by atoms with Crippen molar-refractivity contribution in [1.82, 2.24) is 4.90 Å². The first-order valence-corrected chi connectivity index (χ1v) is 6.06. The fraction of sp³-hybridized carbons (Fsp3) is 0.500. The van der Waals surface area contributed by atoms with Crippen LogP contribution in [-0.4, -0.2) is 44.2 Å². The molecule has 100 valence electrons. The predicted octanol–water partition coefficient (Wildman–Crippen LogP) is 2.19. The summed E-state index contributed by atoms with van der Waals surface area (Å²) < 4.78 is 10.4. The molecule has 18 heavy (non-hydrogen) atoms. The summed E-state index contributed by atoms with van der Waals surface area (Å²) in [5.74, 6) is 0.198. The first-order chi connectivity index (χ1) is 8.56. The molecule has 0 atom stereocenters. The first-order valence-electron chi connectivity index (χ1n) is 6.06. The van der Waals surface area contributed by atoms with Crippen molar-refractivity contribution in [2.24, 2.45) is 0 Å². The van der Waals surface area contributed by atoms with Crippen LogP contribution in [0.25, 0.3) is 0 Å². The fourth-order valence-corrected chi connectivity index (χ4v) is 1.43. The second kappa shape index (κ2) is 7.01. The monoisotopic (exact) mass is 251 g/mol. The van der Waals surface area contributed by atoms with E-state index in [1.54, 1.807) is 25.3 Å². The van der Waals surface area contributed by atoms with Crippen LogP contribution in [-0.2, 0) is 4.74 Å². The Morgan fingerprint density at radius 3 is 2.61 bits per heavy atom. The minimum atomic E-state index is -0.343. The maximum atomic E-state index is 11.9. The normalized spacial score (nSPS) is 10.8. The number of esters is 1. The van der Waals surface area contributed by atoms with E-state index in [4.69, 9.17) is 9.47 Å². The lowest BCUT2D eigenvalue weighted by atomic mass is 10.2. The van der Waals surface area contributed by atoms with Gasteiger partial charge in [0.1, 0.15) is 17.9 Å². The van der Waals surface area contributed by atoms with Crippen LogP contribution >= 0.6 is 0 Å². The number of methoxy groups -OCH3 is 1. The molecule has 0 heterocycles. The second-order valence-corrected chi connectivity index (χ2v) is 4.41. The molecule has 0 saturated heterocycles. The second-order valence-electron chi connectivity index (χ2n) is 4.41. The summed E-state index contributed by atoms with van der Waals surface area (Å²) in [5.41, 5.74) is 0.465. The molecule has 1 aromatic carbocycles. The lowest BCUT2D eigenvalue weighted by molar-refractivity contribution is 0.0457. The Labute approximate surface area is 108 Å². The zero-order valence-electron chi connectivity index (χ0n) is 11.5. The van der Waals surface area contributed by atoms with Crippen LogP contribution < -0.4 is 4.74 Å². The van der Waals surface area contributed by atoms with Crippen molar-refractivity contribution in [1.29, 1.82) is 0 Å². The van der Waals surface area contributed by atoms with E-state index in [0.717, 1.165) is 6.54 Å². The summed E-state index contributed by atoms with van der Waals surface area (Å²) in [7, 11) is 3.54. The van der Waals surface area contributed by atoms with Gasteiger partial charge in [-0.15, -0.1) is 0 Å². The number of benzene rings is 1. The third kappa shape index (κ3) is 4.04. The van der Waals surface area contributed by atoms with E-state index >= 15 is 0 Å². The highest BCUT2D eigenvalue weighted by Crippen LogP contribution is 2.17. The predicted molar refractivity (Wildman–Crippen MR) is 71.0 cm³/mol. The highest BCUT2D eigenvalue weighted by Gasteiger charge is 2.13. The summed E-state index contributed by atoms with van der Waals surface area (Å²) in [4.78, 5) is 14.0. The average molecular weight is 251 g/mol. The Kier molecular flexibility index (Phi) is 5.65. The number of ether oxygens (including phenoxy) is 2. The van der Waals surface area contributed by atoms with E-state index in [9.17, 15) is 4.79 Å². The van der Waals surface area contributed by atoms with Crippen LogP contribution in [0.2, 0.25) is 0 Å². The van der Waals surface area contributed by atoms with Crippen LogP contribution in [0.5, 0.6) is 5.75 Å². The van der Waals surface area contributed by atoms with Gasteiger partial charge in [0.25, 0.3) is 0 Å². The lowest BCUT2D eigenvalue weighted by Gasteiger charge is -2.20. The van der Waals surface area contributed by atoms with Crippen LogP contribution in [0, 0.1) is 0 Å². The number of carbonyl (C=O) groups excluding carboxylic acids is 1. The molecule has 0 radical (unpaired) electrons. The van der Waals surface area contributed by atoms with Gasteiger partial charge in [0.05, 0.1) is 7.11 Å². The quantitative estimate of drug-likeness (QED) is 0.726. The molecule has 0 spiro atoms. The number of hydrogen-bond donors (Lipinski definition) is 0. The molecule has 4 heteroatoms. The van der Waals surface area contributed by atoms with Crippen molar-refractivity contribution >= 4 is 5.97 Å². The molecule has 0 unspecified atom stereocenters. The van der Waals surface area contributed by atoms with Gasteiger partial charge in [-0.3, -0.25) is 0 Å². The van der Waals surface area contributed by atoms with Crippen LogP contribution in [0.4, 0.5) is 0 Å². The smallest absolute Gasteiger partial charge is 0.341 e. The van der Waals surface area contributed by atoms with Gasteiger partial charge in [-0.05, 0) is 33.0 Å². The number of para-hydroxylation sites is 1. The van der Waals surface area contributed by atoms with Crippen molar-refractivity contribution in [2.45, 2.75) is 19.9 Å². The molecule has 4 nitrogen and oxygen atoms in total. The SMILES string of the molecule is COc1ccccc1C(=O)OCCN(C)C(C)C.